The molecule has 0 saturated carbocycles. The molecule has 1 aromatic rings. The molecule has 1 amide bonds. The molecule has 6 nitrogen and oxygen atoms in total. The SMILES string of the molecule is CN(C(=O)C1CCN(S(=O)(=O)c2cc(F)ccc2F)CC1)C1CCNC1.Cl. The Labute approximate surface area is 164 Å². The third-order valence-electron chi connectivity index (χ3n) is 5.24. The number of carbonyl (C=O) groups excluding carboxylic acids is 1. The van der Waals surface area contributed by atoms with Gasteiger partial charge in [-0.3, -0.25) is 4.79 Å². The summed E-state index contributed by atoms with van der Waals surface area (Å²) in [7, 11) is -2.33. The summed E-state index contributed by atoms with van der Waals surface area (Å²) in [6.45, 7) is 1.89. The first-order valence-corrected chi connectivity index (χ1v) is 10.2. The maximum atomic E-state index is 13.9. The number of nitrogens with zero attached hydrogens (tertiary/aromatic N) is 2. The van der Waals surface area contributed by atoms with Crippen molar-refractivity contribution in [3.8, 4) is 0 Å². The van der Waals surface area contributed by atoms with E-state index in [9.17, 15) is 22.0 Å². The van der Waals surface area contributed by atoms with Crippen LogP contribution < -0.4 is 5.32 Å². The monoisotopic (exact) mass is 423 g/mol. The number of hydrogen-bond donors (Lipinski definition) is 1. The highest BCUT2D eigenvalue weighted by Gasteiger charge is 2.36. The van der Waals surface area contributed by atoms with Crippen LogP contribution >= 0.6 is 12.4 Å². The Morgan fingerprint density at radius 2 is 1.89 bits per heavy atom. The van der Waals surface area contributed by atoms with Crippen LogP contribution in [-0.4, -0.2) is 62.8 Å². The van der Waals surface area contributed by atoms with E-state index in [1.807, 2.05) is 0 Å². The van der Waals surface area contributed by atoms with Crippen LogP contribution in [0.1, 0.15) is 19.3 Å². The first-order chi connectivity index (χ1) is 12.3. The van der Waals surface area contributed by atoms with Gasteiger partial charge in [-0.2, -0.15) is 4.31 Å². The molecule has 1 aromatic carbocycles. The number of sulfonamides is 1. The smallest absolute Gasteiger partial charge is 0.246 e. The number of nitrogens with one attached hydrogen (secondary N) is 1. The summed E-state index contributed by atoms with van der Waals surface area (Å²) >= 11 is 0. The van der Waals surface area contributed by atoms with Gasteiger partial charge >= 0.3 is 0 Å². The van der Waals surface area contributed by atoms with E-state index in [0.717, 1.165) is 35.9 Å². The summed E-state index contributed by atoms with van der Waals surface area (Å²) < 4.78 is 53.5. The van der Waals surface area contributed by atoms with E-state index in [0.29, 0.717) is 18.9 Å². The fourth-order valence-corrected chi connectivity index (χ4v) is 5.14. The van der Waals surface area contributed by atoms with Gasteiger partial charge in [-0.1, -0.05) is 0 Å². The summed E-state index contributed by atoms with van der Waals surface area (Å²) in [6, 6.07) is 2.56. The zero-order valence-corrected chi connectivity index (χ0v) is 16.7. The lowest BCUT2D eigenvalue weighted by molar-refractivity contribution is -0.137. The number of hydrogen-bond acceptors (Lipinski definition) is 4. The van der Waals surface area contributed by atoms with Crippen LogP contribution in [0.2, 0.25) is 0 Å². The molecule has 2 fully saturated rings. The molecule has 1 N–H and O–H groups in total. The highest BCUT2D eigenvalue weighted by Crippen LogP contribution is 2.27. The summed E-state index contributed by atoms with van der Waals surface area (Å²) in [6.07, 6.45) is 1.66. The normalized spacial score (nSPS) is 21.7. The summed E-state index contributed by atoms with van der Waals surface area (Å²) in [5.41, 5.74) is 0. The summed E-state index contributed by atoms with van der Waals surface area (Å²) in [5.74, 6) is -2.00. The van der Waals surface area contributed by atoms with Gasteiger partial charge in [-0.25, -0.2) is 17.2 Å². The van der Waals surface area contributed by atoms with Gasteiger partial charge < -0.3 is 10.2 Å². The van der Waals surface area contributed by atoms with Crippen LogP contribution in [0.5, 0.6) is 0 Å². The highest BCUT2D eigenvalue weighted by molar-refractivity contribution is 7.89. The molecule has 0 aliphatic carbocycles. The van der Waals surface area contributed by atoms with Gasteiger partial charge in [0.2, 0.25) is 15.9 Å². The quantitative estimate of drug-likeness (QED) is 0.798. The number of halogens is 3. The second-order valence-electron chi connectivity index (χ2n) is 6.85. The summed E-state index contributed by atoms with van der Waals surface area (Å²) in [5, 5.41) is 3.22. The number of rotatable bonds is 4. The Morgan fingerprint density at radius 3 is 2.48 bits per heavy atom. The van der Waals surface area contributed by atoms with Crippen LogP contribution in [-0.2, 0) is 14.8 Å². The van der Waals surface area contributed by atoms with Crippen LogP contribution in [0.15, 0.2) is 23.1 Å². The maximum absolute atomic E-state index is 13.9. The van der Waals surface area contributed by atoms with Gasteiger partial charge in [0.15, 0.2) is 0 Å². The van der Waals surface area contributed by atoms with Crippen molar-refractivity contribution in [2.24, 2.45) is 5.92 Å². The lowest BCUT2D eigenvalue weighted by Crippen LogP contribution is -2.46. The Bertz CT molecular complexity index is 780. The fraction of sp³-hybridized carbons (Fsp3) is 0.588. The minimum absolute atomic E-state index is 0. The third kappa shape index (κ3) is 4.59. The zero-order valence-electron chi connectivity index (χ0n) is 15.0. The average molecular weight is 424 g/mol. The van der Waals surface area contributed by atoms with Crippen molar-refractivity contribution < 1.29 is 22.0 Å². The second-order valence-corrected chi connectivity index (χ2v) is 8.76. The largest absolute Gasteiger partial charge is 0.341 e. The van der Waals surface area contributed by atoms with E-state index in [4.69, 9.17) is 0 Å². The van der Waals surface area contributed by atoms with E-state index in [2.05, 4.69) is 5.32 Å². The van der Waals surface area contributed by atoms with Crippen molar-refractivity contribution in [2.45, 2.75) is 30.2 Å². The molecule has 2 heterocycles. The fourth-order valence-electron chi connectivity index (χ4n) is 3.59. The molecule has 2 saturated heterocycles. The van der Waals surface area contributed by atoms with Crippen molar-refractivity contribution in [2.75, 3.05) is 33.2 Å². The van der Waals surface area contributed by atoms with E-state index < -0.39 is 26.6 Å². The molecule has 0 bridgehead atoms. The predicted molar refractivity (Wildman–Crippen MR) is 99.1 cm³/mol. The summed E-state index contributed by atoms with van der Waals surface area (Å²) in [4.78, 5) is 13.7. The first kappa shape index (κ1) is 22.0. The number of likely N-dealkylation sites (N-methyl/N-ethyl adjacent to an activating group) is 1. The molecule has 0 spiro atoms. The Balaban J connectivity index is 0.00000261. The standard InChI is InChI=1S/C17H23F2N3O3S.ClH/c1-21(14-4-7-20-11-14)17(23)12-5-8-22(9-6-12)26(24,25)16-10-13(18)2-3-15(16)19;/h2-3,10,12,14,20H,4-9,11H2,1H3;1H. The maximum Gasteiger partial charge on any atom is 0.246 e. The van der Waals surface area contributed by atoms with Crippen molar-refractivity contribution in [1.29, 1.82) is 0 Å². The minimum Gasteiger partial charge on any atom is -0.341 e. The van der Waals surface area contributed by atoms with E-state index >= 15 is 0 Å². The Morgan fingerprint density at radius 1 is 1.22 bits per heavy atom. The molecule has 0 radical (unpaired) electrons. The molecule has 152 valence electrons. The van der Waals surface area contributed by atoms with Crippen molar-refractivity contribution in [3.63, 3.8) is 0 Å². The lowest BCUT2D eigenvalue weighted by atomic mass is 9.96. The second kappa shape index (κ2) is 8.81. The topological polar surface area (TPSA) is 69.7 Å². The van der Waals surface area contributed by atoms with Crippen LogP contribution in [0.4, 0.5) is 8.78 Å². The average Bonchev–Trinajstić information content (AvgIpc) is 3.17. The molecule has 2 aliphatic rings. The molecule has 10 heteroatoms. The molecular formula is C17H24ClF2N3O3S. The van der Waals surface area contributed by atoms with Crippen molar-refractivity contribution in [1.82, 2.24) is 14.5 Å². The van der Waals surface area contributed by atoms with Crippen LogP contribution in [0.3, 0.4) is 0 Å². The number of amides is 1. The lowest BCUT2D eigenvalue weighted by Gasteiger charge is -2.34. The van der Waals surface area contributed by atoms with E-state index in [1.165, 1.54) is 0 Å². The van der Waals surface area contributed by atoms with E-state index in [1.54, 1.807) is 11.9 Å². The molecule has 1 atom stereocenters. The first-order valence-electron chi connectivity index (χ1n) is 8.73. The van der Waals surface area contributed by atoms with Crippen molar-refractivity contribution in [3.05, 3.63) is 29.8 Å². The van der Waals surface area contributed by atoms with Gasteiger partial charge in [-0.05, 0) is 44.0 Å². The van der Waals surface area contributed by atoms with Gasteiger partial charge in [0.25, 0.3) is 0 Å². The number of piperidine rings is 1. The number of benzene rings is 1. The molecular weight excluding hydrogens is 400 g/mol. The van der Waals surface area contributed by atoms with Crippen molar-refractivity contribution >= 4 is 28.3 Å². The van der Waals surface area contributed by atoms with Gasteiger partial charge in [-0.15, -0.1) is 12.4 Å². The Hall–Kier alpha value is -1.29. The van der Waals surface area contributed by atoms with Crippen LogP contribution in [0.25, 0.3) is 0 Å². The van der Waals surface area contributed by atoms with Gasteiger partial charge in [0, 0.05) is 38.6 Å². The highest BCUT2D eigenvalue weighted by atomic mass is 35.5. The minimum atomic E-state index is -4.12. The molecule has 0 aromatic heterocycles. The third-order valence-corrected chi connectivity index (χ3v) is 7.16. The molecule has 3 rings (SSSR count). The van der Waals surface area contributed by atoms with Gasteiger partial charge in [0.05, 0.1) is 0 Å². The molecule has 1 unspecified atom stereocenters. The molecule has 27 heavy (non-hydrogen) atoms. The number of carbonyl (C=O) groups is 1. The van der Waals surface area contributed by atoms with Gasteiger partial charge in [0.1, 0.15) is 16.5 Å². The predicted octanol–water partition coefficient (Wildman–Crippen LogP) is 1.61. The van der Waals surface area contributed by atoms with E-state index in [-0.39, 0.29) is 43.4 Å². The molecule has 2 aliphatic heterocycles. The Kier molecular flexibility index (Phi) is 7.18. The zero-order chi connectivity index (χ0) is 18.9. The van der Waals surface area contributed by atoms with Crippen LogP contribution in [0, 0.1) is 17.6 Å².